The van der Waals surface area contributed by atoms with Crippen LogP contribution >= 0.6 is 11.6 Å². The molecule has 13 heavy (non-hydrogen) atoms. The molecular weight excluding hydrogens is 184 g/mol. The number of aliphatic hydroxyl groups is 1. The van der Waals surface area contributed by atoms with Crippen LogP contribution in [0.5, 0.6) is 0 Å². The fraction of sp³-hybridized carbons (Fsp3) is 0.818. The first-order valence-electron chi connectivity index (χ1n) is 5.20. The maximum Gasteiger partial charge on any atom is 0.128 e. The number of aliphatic hydroxyl groups excluding tert-OH is 1. The van der Waals surface area contributed by atoms with Crippen molar-refractivity contribution in [2.24, 2.45) is 0 Å². The smallest absolute Gasteiger partial charge is 0.128 e. The molecule has 1 N–H and O–H groups in total. The van der Waals surface area contributed by atoms with Gasteiger partial charge in [-0.05, 0) is 32.6 Å². The van der Waals surface area contributed by atoms with Gasteiger partial charge in [0.1, 0.15) is 5.56 Å². The minimum atomic E-state index is -0.636. The minimum Gasteiger partial charge on any atom is -0.378 e. The molecule has 0 aromatic rings. The van der Waals surface area contributed by atoms with Gasteiger partial charge in [-0.1, -0.05) is 43.0 Å². The molecular formula is C11H21ClO. The van der Waals surface area contributed by atoms with Crippen molar-refractivity contribution in [2.75, 3.05) is 0 Å². The molecule has 0 saturated carbocycles. The van der Waals surface area contributed by atoms with E-state index in [1.165, 1.54) is 32.1 Å². The number of unbranched alkanes of at least 4 members (excludes halogenated alkanes) is 5. The van der Waals surface area contributed by atoms with Gasteiger partial charge in [0.25, 0.3) is 0 Å². The van der Waals surface area contributed by atoms with Crippen molar-refractivity contribution in [1.82, 2.24) is 0 Å². The summed E-state index contributed by atoms with van der Waals surface area (Å²) < 4.78 is 0. The lowest BCUT2D eigenvalue weighted by molar-refractivity contribution is 0.240. The third kappa shape index (κ3) is 12.0. The summed E-state index contributed by atoms with van der Waals surface area (Å²) in [7, 11) is 0. The number of halogens is 1. The first-order valence-corrected chi connectivity index (χ1v) is 5.64. The summed E-state index contributed by atoms with van der Waals surface area (Å²) in [5, 5.41) is 8.78. The maximum atomic E-state index is 8.78. The quantitative estimate of drug-likeness (QED) is 0.362. The van der Waals surface area contributed by atoms with Crippen LogP contribution in [0.1, 0.15) is 51.9 Å². The van der Waals surface area contributed by atoms with Crippen LogP contribution in [0.4, 0.5) is 0 Å². The van der Waals surface area contributed by atoms with Gasteiger partial charge in [-0.15, -0.1) is 0 Å². The van der Waals surface area contributed by atoms with Crippen LogP contribution in [0, 0.1) is 0 Å². The molecule has 2 heteroatoms. The van der Waals surface area contributed by atoms with Gasteiger partial charge in [0.05, 0.1) is 0 Å². The molecule has 1 atom stereocenters. The van der Waals surface area contributed by atoms with E-state index in [4.69, 9.17) is 16.7 Å². The third-order valence-electron chi connectivity index (χ3n) is 2.05. The van der Waals surface area contributed by atoms with E-state index in [0.29, 0.717) is 0 Å². The molecule has 0 aliphatic carbocycles. The second kappa shape index (κ2) is 10.1. The zero-order chi connectivity index (χ0) is 9.94. The van der Waals surface area contributed by atoms with Gasteiger partial charge in [0.2, 0.25) is 0 Å². The first kappa shape index (κ1) is 13.0. The van der Waals surface area contributed by atoms with Crippen LogP contribution in [0.2, 0.25) is 0 Å². The van der Waals surface area contributed by atoms with Gasteiger partial charge in [-0.2, -0.15) is 0 Å². The monoisotopic (exact) mass is 204 g/mol. The molecule has 0 aliphatic rings. The second-order valence-electron chi connectivity index (χ2n) is 3.35. The lowest BCUT2D eigenvalue weighted by atomic mass is 10.1. The number of alkyl halides is 1. The molecule has 1 unspecified atom stereocenters. The highest BCUT2D eigenvalue weighted by atomic mass is 35.5. The van der Waals surface area contributed by atoms with Gasteiger partial charge in [0, 0.05) is 0 Å². The summed E-state index contributed by atoms with van der Waals surface area (Å²) in [6, 6.07) is 0. The van der Waals surface area contributed by atoms with Crippen molar-refractivity contribution >= 4 is 11.6 Å². The molecule has 0 fully saturated rings. The summed E-state index contributed by atoms with van der Waals surface area (Å²) in [5.74, 6) is 0. The van der Waals surface area contributed by atoms with Crippen LogP contribution < -0.4 is 0 Å². The predicted molar refractivity (Wildman–Crippen MR) is 59.0 cm³/mol. The Morgan fingerprint density at radius 2 is 1.77 bits per heavy atom. The molecule has 0 rings (SSSR count). The molecule has 0 amide bonds. The maximum absolute atomic E-state index is 8.78. The van der Waals surface area contributed by atoms with Gasteiger partial charge in [-0.3, -0.25) is 0 Å². The van der Waals surface area contributed by atoms with Crippen LogP contribution in [0.15, 0.2) is 12.2 Å². The van der Waals surface area contributed by atoms with Crippen molar-refractivity contribution < 1.29 is 5.11 Å². The van der Waals surface area contributed by atoms with Crippen molar-refractivity contribution in [3.8, 4) is 0 Å². The van der Waals surface area contributed by atoms with Gasteiger partial charge < -0.3 is 5.11 Å². The zero-order valence-electron chi connectivity index (χ0n) is 8.51. The number of rotatable bonds is 8. The molecule has 0 aliphatic heterocycles. The standard InChI is InChI=1S/C11H21ClO/c1-2-3-4-5-6-7-8-9-10-11(12)13/h2-3,11,13H,4-10H2,1H3/b3-2+. The second-order valence-corrected chi connectivity index (χ2v) is 3.85. The van der Waals surface area contributed by atoms with E-state index in [-0.39, 0.29) is 0 Å². The number of hydrogen-bond acceptors (Lipinski definition) is 1. The molecule has 0 aromatic carbocycles. The largest absolute Gasteiger partial charge is 0.378 e. The van der Waals surface area contributed by atoms with E-state index in [9.17, 15) is 0 Å². The highest BCUT2D eigenvalue weighted by molar-refractivity contribution is 6.19. The Morgan fingerprint density at radius 1 is 1.15 bits per heavy atom. The van der Waals surface area contributed by atoms with Crippen LogP contribution in [-0.2, 0) is 0 Å². The summed E-state index contributed by atoms with van der Waals surface area (Å²) in [6.07, 6.45) is 12.3. The fourth-order valence-electron chi connectivity index (χ4n) is 1.27. The highest BCUT2D eigenvalue weighted by Gasteiger charge is 1.96. The third-order valence-corrected chi connectivity index (χ3v) is 2.27. The Kier molecular flexibility index (Phi) is 10.1. The van der Waals surface area contributed by atoms with E-state index < -0.39 is 5.56 Å². The number of allylic oxidation sites excluding steroid dienone is 2. The molecule has 0 radical (unpaired) electrons. The summed E-state index contributed by atoms with van der Waals surface area (Å²) >= 11 is 5.41. The Morgan fingerprint density at radius 3 is 2.38 bits per heavy atom. The van der Waals surface area contributed by atoms with Crippen molar-refractivity contribution in [2.45, 2.75) is 57.4 Å². The van der Waals surface area contributed by atoms with E-state index in [1.54, 1.807) is 0 Å². The van der Waals surface area contributed by atoms with Gasteiger partial charge >= 0.3 is 0 Å². The molecule has 78 valence electrons. The lowest BCUT2D eigenvalue weighted by Gasteiger charge is -2.01. The minimum absolute atomic E-state index is 0.636. The summed E-state index contributed by atoms with van der Waals surface area (Å²) in [6.45, 7) is 2.06. The van der Waals surface area contributed by atoms with Crippen molar-refractivity contribution in [3.63, 3.8) is 0 Å². The number of hydrogen-bond donors (Lipinski definition) is 1. The molecule has 1 nitrogen and oxygen atoms in total. The van der Waals surface area contributed by atoms with Crippen molar-refractivity contribution in [3.05, 3.63) is 12.2 Å². The Balaban J connectivity index is 2.91. The average Bonchev–Trinajstić information content (AvgIpc) is 2.09. The Bertz CT molecular complexity index is 121. The molecule has 0 spiro atoms. The van der Waals surface area contributed by atoms with Gasteiger partial charge in [-0.25, -0.2) is 0 Å². The Hall–Kier alpha value is -0.0100. The van der Waals surface area contributed by atoms with Crippen molar-refractivity contribution in [1.29, 1.82) is 0 Å². The van der Waals surface area contributed by atoms with E-state index in [1.807, 2.05) is 0 Å². The van der Waals surface area contributed by atoms with E-state index in [2.05, 4.69) is 19.1 Å². The molecule has 0 aromatic heterocycles. The molecule has 0 heterocycles. The Labute approximate surface area is 86.8 Å². The topological polar surface area (TPSA) is 20.2 Å². The van der Waals surface area contributed by atoms with Crippen LogP contribution in [-0.4, -0.2) is 10.7 Å². The lowest BCUT2D eigenvalue weighted by Crippen LogP contribution is -1.94. The SMILES string of the molecule is C/C=C/CCCCCCCC(O)Cl. The predicted octanol–water partition coefficient (Wildman–Crippen LogP) is 3.85. The van der Waals surface area contributed by atoms with E-state index >= 15 is 0 Å². The highest BCUT2D eigenvalue weighted by Crippen LogP contribution is 2.10. The van der Waals surface area contributed by atoms with Crippen LogP contribution in [0.25, 0.3) is 0 Å². The zero-order valence-corrected chi connectivity index (χ0v) is 9.26. The fourth-order valence-corrected chi connectivity index (χ4v) is 1.43. The average molecular weight is 205 g/mol. The first-order chi connectivity index (χ1) is 6.27. The molecule has 0 bridgehead atoms. The van der Waals surface area contributed by atoms with Gasteiger partial charge in [0.15, 0.2) is 0 Å². The normalized spacial score (nSPS) is 13.8. The summed E-state index contributed by atoms with van der Waals surface area (Å²) in [4.78, 5) is 0. The molecule has 0 saturated heterocycles. The van der Waals surface area contributed by atoms with E-state index in [0.717, 1.165) is 12.8 Å². The summed E-state index contributed by atoms with van der Waals surface area (Å²) in [5.41, 5.74) is -0.636. The van der Waals surface area contributed by atoms with Crippen LogP contribution in [0.3, 0.4) is 0 Å².